The van der Waals surface area contributed by atoms with Crippen LogP contribution in [0, 0.1) is 5.82 Å². The summed E-state index contributed by atoms with van der Waals surface area (Å²) in [4.78, 5) is 0. The molecule has 0 heterocycles. The van der Waals surface area contributed by atoms with E-state index in [4.69, 9.17) is 15.2 Å². The Labute approximate surface area is 95.4 Å². The molecule has 1 atom stereocenters. The van der Waals surface area contributed by atoms with Gasteiger partial charge in [-0.05, 0) is 32.0 Å². The molecule has 0 spiro atoms. The Balaban J connectivity index is 2.44. The molecule has 0 amide bonds. The van der Waals surface area contributed by atoms with Crippen molar-refractivity contribution in [2.75, 3.05) is 18.9 Å². The molecular weight excluding hydrogens is 209 g/mol. The van der Waals surface area contributed by atoms with Crippen molar-refractivity contribution in [2.45, 2.75) is 26.6 Å². The maximum Gasteiger partial charge on any atom is 0.123 e. The van der Waals surface area contributed by atoms with E-state index in [1.807, 2.05) is 13.8 Å². The summed E-state index contributed by atoms with van der Waals surface area (Å²) < 4.78 is 23.6. The Morgan fingerprint density at radius 3 is 2.88 bits per heavy atom. The molecule has 0 aliphatic carbocycles. The van der Waals surface area contributed by atoms with Gasteiger partial charge in [-0.25, -0.2) is 4.39 Å². The van der Waals surface area contributed by atoms with Gasteiger partial charge in [0.25, 0.3) is 0 Å². The number of ether oxygens (including phenoxy) is 2. The summed E-state index contributed by atoms with van der Waals surface area (Å²) in [6, 6.07) is 4.27. The van der Waals surface area contributed by atoms with Crippen molar-refractivity contribution >= 4 is 5.69 Å². The maximum absolute atomic E-state index is 12.9. The molecule has 90 valence electrons. The first-order chi connectivity index (χ1) is 7.63. The van der Waals surface area contributed by atoms with Gasteiger partial charge in [0.2, 0.25) is 0 Å². The molecule has 0 saturated heterocycles. The predicted molar refractivity (Wildman–Crippen MR) is 61.6 cm³/mol. The SMILES string of the molecule is CCOCC(C)OCc1cc(F)ccc1N. The van der Waals surface area contributed by atoms with E-state index in [1.165, 1.54) is 12.1 Å². The molecule has 0 radical (unpaired) electrons. The third-order valence-electron chi connectivity index (χ3n) is 2.19. The lowest BCUT2D eigenvalue weighted by molar-refractivity contribution is -0.0115. The summed E-state index contributed by atoms with van der Waals surface area (Å²) in [6.45, 7) is 5.34. The number of nitrogens with two attached hydrogens (primary N) is 1. The van der Waals surface area contributed by atoms with Crippen LogP contribution in [0.3, 0.4) is 0 Å². The fourth-order valence-electron chi connectivity index (χ4n) is 1.26. The minimum absolute atomic E-state index is 0.0254. The second kappa shape index (κ2) is 6.45. The van der Waals surface area contributed by atoms with Gasteiger partial charge in [0.05, 0.1) is 19.3 Å². The normalized spacial score (nSPS) is 12.7. The Bertz CT molecular complexity index is 331. The molecule has 0 saturated carbocycles. The molecule has 0 fully saturated rings. The number of hydrogen-bond donors (Lipinski definition) is 1. The lowest BCUT2D eigenvalue weighted by atomic mass is 10.2. The number of nitrogen functional groups attached to an aromatic ring is 1. The molecule has 4 heteroatoms. The van der Waals surface area contributed by atoms with Crippen LogP contribution in [0.5, 0.6) is 0 Å². The average Bonchev–Trinajstić information content (AvgIpc) is 2.27. The summed E-state index contributed by atoms with van der Waals surface area (Å²) in [5.41, 5.74) is 6.91. The molecule has 1 aromatic carbocycles. The monoisotopic (exact) mass is 227 g/mol. The van der Waals surface area contributed by atoms with E-state index in [0.717, 1.165) is 0 Å². The lowest BCUT2D eigenvalue weighted by Crippen LogP contribution is -2.16. The van der Waals surface area contributed by atoms with E-state index in [2.05, 4.69) is 0 Å². The van der Waals surface area contributed by atoms with E-state index >= 15 is 0 Å². The molecule has 0 aromatic heterocycles. The zero-order chi connectivity index (χ0) is 12.0. The highest BCUT2D eigenvalue weighted by atomic mass is 19.1. The Morgan fingerprint density at radius 2 is 2.19 bits per heavy atom. The van der Waals surface area contributed by atoms with Crippen LogP contribution in [0.15, 0.2) is 18.2 Å². The zero-order valence-electron chi connectivity index (χ0n) is 9.70. The first-order valence-electron chi connectivity index (χ1n) is 5.36. The fraction of sp³-hybridized carbons (Fsp3) is 0.500. The van der Waals surface area contributed by atoms with Crippen molar-refractivity contribution in [2.24, 2.45) is 0 Å². The van der Waals surface area contributed by atoms with Gasteiger partial charge in [0, 0.05) is 17.9 Å². The average molecular weight is 227 g/mol. The summed E-state index contributed by atoms with van der Waals surface area (Å²) in [6.07, 6.45) is -0.0254. The van der Waals surface area contributed by atoms with Gasteiger partial charge in [0.15, 0.2) is 0 Å². The smallest absolute Gasteiger partial charge is 0.123 e. The van der Waals surface area contributed by atoms with Crippen LogP contribution in [-0.2, 0) is 16.1 Å². The summed E-state index contributed by atoms with van der Waals surface area (Å²) >= 11 is 0. The van der Waals surface area contributed by atoms with Crippen LogP contribution >= 0.6 is 0 Å². The molecule has 1 rings (SSSR count). The van der Waals surface area contributed by atoms with Gasteiger partial charge >= 0.3 is 0 Å². The van der Waals surface area contributed by atoms with Gasteiger partial charge in [-0.1, -0.05) is 0 Å². The Morgan fingerprint density at radius 1 is 1.44 bits per heavy atom. The summed E-state index contributed by atoms with van der Waals surface area (Å²) in [5, 5.41) is 0. The highest BCUT2D eigenvalue weighted by Crippen LogP contribution is 2.15. The van der Waals surface area contributed by atoms with Crippen LogP contribution in [0.4, 0.5) is 10.1 Å². The van der Waals surface area contributed by atoms with Gasteiger partial charge in [-0.3, -0.25) is 0 Å². The molecule has 16 heavy (non-hydrogen) atoms. The predicted octanol–water partition coefficient (Wildman–Crippen LogP) is 2.35. The summed E-state index contributed by atoms with van der Waals surface area (Å²) in [7, 11) is 0. The fourth-order valence-corrected chi connectivity index (χ4v) is 1.26. The van der Waals surface area contributed by atoms with Gasteiger partial charge < -0.3 is 15.2 Å². The van der Waals surface area contributed by atoms with E-state index < -0.39 is 0 Å². The highest BCUT2D eigenvalue weighted by Gasteiger charge is 2.05. The van der Waals surface area contributed by atoms with Crippen LogP contribution < -0.4 is 5.73 Å². The number of hydrogen-bond acceptors (Lipinski definition) is 3. The Hall–Kier alpha value is -1.13. The second-order valence-corrected chi connectivity index (χ2v) is 3.62. The maximum atomic E-state index is 12.9. The molecule has 1 aromatic rings. The molecule has 0 aliphatic heterocycles. The molecule has 1 unspecified atom stereocenters. The second-order valence-electron chi connectivity index (χ2n) is 3.62. The molecule has 2 N–H and O–H groups in total. The van der Waals surface area contributed by atoms with Gasteiger partial charge in [-0.15, -0.1) is 0 Å². The Kier molecular flexibility index (Phi) is 5.22. The van der Waals surface area contributed by atoms with Crippen LogP contribution in [0.2, 0.25) is 0 Å². The topological polar surface area (TPSA) is 44.5 Å². The number of rotatable bonds is 6. The van der Waals surface area contributed by atoms with E-state index in [1.54, 1.807) is 6.07 Å². The van der Waals surface area contributed by atoms with Crippen molar-refractivity contribution in [3.05, 3.63) is 29.6 Å². The van der Waals surface area contributed by atoms with E-state index in [-0.39, 0.29) is 11.9 Å². The van der Waals surface area contributed by atoms with Crippen LogP contribution in [0.25, 0.3) is 0 Å². The zero-order valence-corrected chi connectivity index (χ0v) is 9.70. The first kappa shape index (κ1) is 12.9. The molecular formula is C12H18FNO2. The molecule has 0 bridgehead atoms. The molecule has 3 nitrogen and oxygen atoms in total. The first-order valence-corrected chi connectivity index (χ1v) is 5.36. The largest absolute Gasteiger partial charge is 0.398 e. The quantitative estimate of drug-likeness (QED) is 0.759. The minimum Gasteiger partial charge on any atom is -0.398 e. The van der Waals surface area contributed by atoms with Gasteiger partial charge in [-0.2, -0.15) is 0 Å². The molecule has 0 aliphatic rings. The lowest BCUT2D eigenvalue weighted by Gasteiger charge is -2.13. The van der Waals surface area contributed by atoms with Crippen molar-refractivity contribution in [1.82, 2.24) is 0 Å². The number of halogens is 1. The van der Waals surface area contributed by atoms with Crippen LogP contribution in [0.1, 0.15) is 19.4 Å². The summed E-state index contributed by atoms with van der Waals surface area (Å²) in [5.74, 6) is -0.301. The highest BCUT2D eigenvalue weighted by molar-refractivity contribution is 5.46. The van der Waals surface area contributed by atoms with Crippen molar-refractivity contribution in [3.8, 4) is 0 Å². The number of anilines is 1. The standard InChI is InChI=1S/C12H18FNO2/c1-3-15-7-9(2)16-8-10-6-11(13)4-5-12(10)14/h4-6,9H,3,7-8,14H2,1-2H3. The van der Waals surface area contributed by atoms with E-state index in [0.29, 0.717) is 31.1 Å². The van der Waals surface area contributed by atoms with Crippen LogP contribution in [-0.4, -0.2) is 19.3 Å². The third-order valence-corrected chi connectivity index (χ3v) is 2.19. The van der Waals surface area contributed by atoms with Crippen molar-refractivity contribution in [1.29, 1.82) is 0 Å². The van der Waals surface area contributed by atoms with Gasteiger partial charge in [0.1, 0.15) is 5.82 Å². The third kappa shape index (κ3) is 4.16. The van der Waals surface area contributed by atoms with E-state index in [9.17, 15) is 4.39 Å². The number of benzene rings is 1. The minimum atomic E-state index is -0.301. The van der Waals surface area contributed by atoms with Crippen molar-refractivity contribution in [3.63, 3.8) is 0 Å². The van der Waals surface area contributed by atoms with Crippen molar-refractivity contribution < 1.29 is 13.9 Å².